The highest BCUT2D eigenvalue weighted by Gasteiger charge is 2.30. The number of phenols is 2. The van der Waals surface area contributed by atoms with E-state index in [4.69, 9.17) is 11.6 Å². The van der Waals surface area contributed by atoms with Crippen LogP contribution in [0.1, 0.15) is 27.1 Å². The zero-order valence-electron chi connectivity index (χ0n) is 13.4. The summed E-state index contributed by atoms with van der Waals surface area (Å²) in [6.45, 7) is 1.75. The fraction of sp³-hybridized carbons (Fsp3) is 0.167. The third-order valence-electron chi connectivity index (χ3n) is 3.74. The van der Waals surface area contributed by atoms with E-state index in [1.54, 1.807) is 6.92 Å². The van der Waals surface area contributed by atoms with E-state index in [0.29, 0.717) is 26.7 Å². The second-order valence-electron chi connectivity index (χ2n) is 5.69. The maximum Gasteiger partial charge on any atom is 0.416 e. The number of rotatable bonds is 3. The van der Waals surface area contributed by atoms with E-state index in [1.165, 1.54) is 41.7 Å². The monoisotopic (exact) mass is 399 g/mol. The standard InChI is InChI=1S/C18H13ClF3NO2S/c1-9-16(15(19)11-6-13(24)8-14(25)7-11)26-17(23-9)10-2-4-12(5-3-10)18(20,21)22/h2-8,15,24-25H,1H3. The summed E-state index contributed by atoms with van der Waals surface area (Å²) in [6, 6.07) is 8.83. The summed E-state index contributed by atoms with van der Waals surface area (Å²) in [5.74, 6) is -0.230. The second-order valence-corrected chi connectivity index (χ2v) is 7.16. The minimum Gasteiger partial charge on any atom is -0.508 e. The quantitative estimate of drug-likeness (QED) is 0.541. The van der Waals surface area contributed by atoms with Gasteiger partial charge in [-0.15, -0.1) is 22.9 Å². The fourth-order valence-electron chi connectivity index (χ4n) is 2.48. The molecule has 136 valence electrons. The van der Waals surface area contributed by atoms with Crippen LogP contribution in [0, 0.1) is 6.92 Å². The first-order chi connectivity index (χ1) is 12.1. The highest BCUT2D eigenvalue weighted by Crippen LogP contribution is 2.40. The van der Waals surface area contributed by atoms with Gasteiger partial charge in [0.25, 0.3) is 0 Å². The predicted molar refractivity (Wildman–Crippen MR) is 94.8 cm³/mol. The van der Waals surface area contributed by atoms with Gasteiger partial charge in [-0.25, -0.2) is 4.98 Å². The van der Waals surface area contributed by atoms with Gasteiger partial charge in [0.1, 0.15) is 16.5 Å². The molecule has 2 N–H and O–H groups in total. The summed E-state index contributed by atoms with van der Waals surface area (Å²) in [5, 5.41) is 19.1. The molecule has 3 aromatic rings. The Morgan fingerprint density at radius 2 is 1.62 bits per heavy atom. The maximum absolute atomic E-state index is 12.7. The van der Waals surface area contributed by atoms with E-state index >= 15 is 0 Å². The molecule has 0 radical (unpaired) electrons. The summed E-state index contributed by atoms with van der Waals surface area (Å²) >= 11 is 7.72. The van der Waals surface area contributed by atoms with Crippen molar-refractivity contribution in [3.8, 4) is 22.1 Å². The molecule has 0 bridgehead atoms. The van der Waals surface area contributed by atoms with Crippen LogP contribution in [0.4, 0.5) is 13.2 Å². The predicted octanol–water partition coefficient (Wildman–Crippen LogP) is 5.88. The van der Waals surface area contributed by atoms with Crippen LogP contribution in [-0.4, -0.2) is 15.2 Å². The van der Waals surface area contributed by atoms with Crippen molar-refractivity contribution in [3.05, 3.63) is 64.2 Å². The lowest BCUT2D eigenvalue weighted by molar-refractivity contribution is -0.137. The molecule has 0 saturated heterocycles. The topological polar surface area (TPSA) is 53.4 Å². The molecule has 0 aliphatic rings. The summed E-state index contributed by atoms with van der Waals surface area (Å²) in [6.07, 6.45) is -4.39. The SMILES string of the molecule is Cc1nc(-c2ccc(C(F)(F)F)cc2)sc1C(Cl)c1cc(O)cc(O)c1. The average Bonchev–Trinajstić information content (AvgIpc) is 2.94. The molecule has 0 saturated carbocycles. The molecule has 1 unspecified atom stereocenters. The molecule has 0 fully saturated rings. The first kappa shape index (κ1) is 18.5. The van der Waals surface area contributed by atoms with Gasteiger partial charge in [-0.1, -0.05) is 12.1 Å². The summed E-state index contributed by atoms with van der Waals surface area (Å²) in [5.41, 5.74) is 0.961. The molecule has 1 heterocycles. The Bertz CT molecular complexity index is 918. The number of hydrogen-bond acceptors (Lipinski definition) is 4. The van der Waals surface area contributed by atoms with Crippen LogP contribution in [0.5, 0.6) is 11.5 Å². The molecule has 1 aromatic heterocycles. The van der Waals surface area contributed by atoms with E-state index in [1.807, 2.05) is 0 Å². The number of halogens is 4. The van der Waals surface area contributed by atoms with E-state index in [-0.39, 0.29) is 11.5 Å². The van der Waals surface area contributed by atoms with Crippen LogP contribution in [0.25, 0.3) is 10.6 Å². The van der Waals surface area contributed by atoms with Gasteiger partial charge in [-0.05, 0) is 36.8 Å². The Morgan fingerprint density at radius 1 is 1.04 bits per heavy atom. The van der Waals surface area contributed by atoms with Crippen molar-refractivity contribution in [1.29, 1.82) is 0 Å². The number of nitrogens with zero attached hydrogens (tertiary/aromatic N) is 1. The van der Waals surface area contributed by atoms with Crippen LogP contribution in [0.2, 0.25) is 0 Å². The third-order valence-corrected chi connectivity index (χ3v) is 5.61. The Labute approximate surface area is 156 Å². The minimum absolute atomic E-state index is 0.115. The summed E-state index contributed by atoms with van der Waals surface area (Å²) in [4.78, 5) is 5.08. The van der Waals surface area contributed by atoms with Gasteiger partial charge in [0, 0.05) is 11.6 Å². The smallest absolute Gasteiger partial charge is 0.416 e. The normalized spacial score (nSPS) is 13.0. The van der Waals surface area contributed by atoms with E-state index in [9.17, 15) is 23.4 Å². The van der Waals surface area contributed by atoms with Crippen LogP contribution in [0.15, 0.2) is 42.5 Å². The Balaban J connectivity index is 1.94. The Kier molecular flexibility index (Phi) is 4.86. The zero-order valence-corrected chi connectivity index (χ0v) is 15.0. The number of benzene rings is 2. The maximum atomic E-state index is 12.7. The number of aromatic hydroxyl groups is 2. The Hall–Kier alpha value is -2.25. The lowest BCUT2D eigenvalue weighted by Crippen LogP contribution is -2.03. The van der Waals surface area contributed by atoms with Crippen LogP contribution in [-0.2, 0) is 6.18 Å². The average molecular weight is 400 g/mol. The molecule has 1 atom stereocenters. The number of aromatic nitrogens is 1. The number of alkyl halides is 4. The highest BCUT2D eigenvalue weighted by atomic mass is 35.5. The van der Waals surface area contributed by atoms with Gasteiger partial charge in [0.05, 0.1) is 21.5 Å². The first-order valence-corrected chi connectivity index (χ1v) is 8.72. The van der Waals surface area contributed by atoms with E-state index in [2.05, 4.69) is 4.98 Å². The molecular weight excluding hydrogens is 387 g/mol. The minimum atomic E-state index is -4.39. The van der Waals surface area contributed by atoms with Crippen LogP contribution < -0.4 is 0 Å². The van der Waals surface area contributed by atoms with Crippen LogP contribution >= 0.6 is 22.9 Å². The second kappa shape index (κ2) is 6.81. The molecule has 0 aliphatic heterocycles. The summed E-state index contributed by atoms with van der Waals surface area (Å²) in [7, 11) is 0. The molecule has 3 nitrogen and oxygen atoms in total. The van der Waals surface area contributed by atoms with Gasteiger partial charge in [0.2, 0.25) is 0 Å². The Morgan fingerprint density at radius 3 is 2.15 bits per heavy atom. The van der Waals surface area contributed by atoms with E-state index < -0.39 is 17.1 Å². The zero-order chi connectivity index (χ0) is 19.1. The van der Waals surface area contributed by atoms with Crippen molar-refractivity contribution in [2.75, 3.05) is 0 Å². The highest BCUT2D eigenvalue weighted by molar-refractivity contribution is 7.15. The molecule has 3 rings (SSSR count). The molecular formula is C18H13ClF3NO2S. The lowest BCUT2D eigenvalue weighted by atomic mass is 10.1. The largest absolute Gasteiger partial charge is 0.508 e. The number of hydrogen-bond donors (Lipinski definition) is 2. The molecule has 2 aromatic carbocycles. The van der Waals surface area contributed by atoms with Crippen molar-refractivity contribution in [3.63, 3.8) is 0 Å². The number of phenolic OH excluding ortho intramolecular Hbond substituents is 2. The van der Waals surface area contributed by atoms with Crippen molar-refractivity contribution in [1.82, 2.24) is 4.98 Å². The number of thiazole rings is 1. The van der Waals surface area contributed by atoms with Gasteiger partial charge < -0.3 is 10.2 Å². The van der Waals surface area contributed by atoms with Gasteiger partial charge in [-0.3, -0.25) is 0 Å². The van der Waals surface area contributed by atoms with Gasteiger partial charge >= 0.3 is 6.18 Å². The van der Waals surface area contributed by atoms with Crippen molar-refractivity contribution >= 4 is 22.9 Å². The van der Waals surface area contributed by atoms with Crippen molar-refractivity contribution < 1.29 is 23.4 Å². The fourth-order valence-corrected chi connectivity index (χ4v) is 3.98. The molecule has 0 spiro atoms. The van der Waals surface area contributed by atoms with Crippen molar-refractivity contribution in [2.45, 2.75) is 18.5 Å². The van der Waals surface area contributed by atoms with Gasteiger partial charge in [0.15, 0.2) is 0 Å². The lowest BCUT2D eigenvalue weighted by Gasteiger charge is -2.09. The molecule has 26 heavy (non-hydrogen) atoms. The van der Waals surface area contributed by atoms with Crippen LogP contribution in [0.3, 0.4) is 0 Å². The number of aryl methyl sites for hydroxylation is 1. The summed E-state index contributed by atoms with van der Waals surface area (Å²) < 4.78 is 38.0. The first-order valence-electron chi connectivity index (χ1n) is 7.47. The van der Waals surface area contributed by atoms with Crippen molar-refractivity contribution in [2.24, 2.45) is 0 Å². The molecule has 0 aliphatic carbocycles. The molecule has 0 amide bonds. The third kappa shape index (κ3) is 3.78. The molecule has 8 heteroatoms. The van der Waals surface area contributed by atoms with Gasteiger partial charge in [-0.2, -0.15) is 13.2 Å². The van der Waals surface area contributed by atoms with E-state index in [0.717, 1.165) is 12.1 Å².